The van der Waals surface area contributed by atoms with E-state index in [0.717, 1.165) is 32.4 Å². The first kappa shape index (κ1) is 16.5. The van der Waals surface area contributed by atoms with Crippen molar-refractivity contribution in [3.05, 3.63) is 22.4 Å². The number of rotatable bonds is 8. The Balaban J connectivity index is 1.89. The van der Waals surface area contributed by atoms with E-state index in [0.29, 0.717) is 0 Å². The minimum atomic E-state index is -0.0400. The molecule has 1 aromatic rings. The van der Waals surface area contributed by atoms with Crippen LogP contribution in [0, 0.1) is 0 Å². The second kappa shape index (κ2) is 7.92. The van der Waals surface area contributed by atoms with Crippen molar-refractivity contribution in [3.63, 3.8) is 0 Å². The van der Waals surface area contributed by atoms with Crippen molar-refractivity contribution in [2.75, 3.05) is 13.2 Å². The molecule has 1 aromatic heterocycles. The minimum Gasteiger partial charge on any atom is -0.379 e. The zero-order chi connectivity index (χ0) is 15.2. The summed E-state index contributed by atoms with van der Waals surface area (Å²) in [7, 11) is 0. The van der Waals surface area contributed by atoms with E-state index in [1.165, 1.54) is 5.56 Å². The number of ether oxygens (including phenoxy) is 1. The SMILES string of the molecule is CCC1NC(c2ccsc2)N(CCCCOC(C)C)C1=O. The molecule has 21 heavy (non-hydrogen) atoms. The lowest BCUT2D eigenvalue weighted by Gasteiger charge is -2.23. The first-order valence-corrected chi connectivity index (χ1v) is 8.78. The Hall–Kier alpha value is -0.910. The van der Waals surface area contributed by atoms with E-state index in [1.54, 1.807) is 11.3 Å². The van der Waals surface area contributed by atoms with E-state index in [9.17, 15) is 4.79 Å². The fraction of sp³-hybridized carbons (Fsp3) is 0.688. The first-order chi connectivity index (χ1) is 10.1. The molecule has 0 bridgehead atoms. The molecular formula is C16H26N2O2S. The smallest absolute Gasteiger partial charge is 0.241 e. The Morgan fingerprint density at radius 2 is 2.24 bits per heavy atom. The molecule has 2 rings (SSSR count). The lowest BCUT2D eigenvalue weighted by Crippen LogP contribution is -2.32. The molecule has 2 heterocycles. The summed E-state index contributed by atoms with van der Waals surface area (Å²) >= 11 is 1.68. The number of hydrogen-bond donors (Lipinski definition) is 1. The van der Waals surface area contributed by atoms with E-state index in [-0.39, 0.29) is 24.2 Å². The van der Waals surface area contributed by atoms with Gasteiger partial charge in [-0.15, -0.1) is 0 Å². The second-order valence-corrected chi connectivity index (χ2v) is 6.53. The summed E-state index contributed by atoms with van der Waals surface area (Å²) in [6, 6.07) is 2.06. The van der Waals surface area contributed by atoms with Gasteiger partial charge in [0.1, 0.15) is 6.17 Å². The third kappa shape index (κ3) is 4.28. The Bertz CT molecular complexity index is 433. The van der Waals surface area contributed by atoms with Gasteiger partial charge in [-0.05, 0) is 55.5 Å². The van der Waals surface area contributed by atoms with Crippen LogP contribution in [0.5, 0.6) is 0 Å². The van der Waals surface area contributed by atoms with Gasteiger partial charge in [0.15, 0.2) is 0 Å². The zero-order valence-corrected chi connectivity index (χ0v) is 14.0. The maximum absolute atomic E-state index is 12.4. The van der Waals surface area contributed by atoms with E-state index in [1.807, 2.05) is 18.7 Å². The van der Waals surface area contributed by atoms with E-state index in [4.69, 9.17) is 4.74 Å². The molecule has 1 fully saturated rings. The molecule has 0 aliphatic carbocycles. The van der Waals surface area contributed by atoms with Crippen LogP contribution in [0.3, 0.4) is 0 Å². The molecule has 118 valence electrons. The number of carbonyl (C=O) groups is 1. The number of unbranched alkanes of at least 4 members (excludes halogenated alkanes) is 1. The van der Waals surface area contributed by atoms with E-state index in [2.05, 4.69) is 29.1 Å². The van der Waals surface area contributed by atoms with Gasteiger partial charge in [-0.1, -0.05) is 6.92 Å². The van der Waals surface area contributed by atoms with Crippen LogP contribution >= 0.6 is 11.3 Å². The van der Waals surface area contributed by atoms with Gasteiger partial charge in [-0.25, -0.2) is 0 Å². The summed E-state index contributed by atoms with van der Waals surface area (Å²) in [5, 5.41) is 7.64. The molecular weight excluding hydrogens is 284 g/mol. The number of hydrogen-bond acceptors (Lipinski definition) is 4. The molecule has 1 aliphatic rings. The number of carbonyl (C=O) groups excluding carboxylic acids is 1. The van der Waals surface area contributed by atoms with Gasteiger partial charge in [0, 0.05) is 13.2 Å². The van der Waals surface area contributed by atoms with Gasteiger partial charge in [-0.2, -0.15) is 11.3 Å². The van der Waals surface area contributed by atoms with Crippen LogP contribution in [0.1, 0.15) is 51.8 Å². The Labute approximate surface area is 131 Å². The summed E-state index contributed by atoms with van der Waals surface area (Å²) in [4.78, 5) is 14.4. The maximum Gasteiger partial charge on any atom is 0.241 e. The van der Waals surface area contributed by atoms with Crippen LogP contribution in [0.2, 0.25) is 0 Å². The van der Waals surface area contributed by atoms with Gasteiger partial charge in [-0.3, -0.25) is 10.1 Å². The third-order valence-corrected chi connectivity index (χ3v) is 4.47. The molecule has 1 amide bonds. The van der Waals surface area contributed by atoms with Crippen molar-refractivity contribution in [2.24, 2.45) is 0 Å². The summed E-state index contributed by atoms with van der Waals surface area (Å²) in [6.45, 7) is 7.72. The molecule has 0 radical (unpaired) electrons. The highest BCUT2D eigenvalue weighted by Gasteiger charge is 2.38. The molecule has 5 heteroatoms. The molecule has 1 N–H and O–H groups in total. The van der Waals surface area contributed by atoms with Gasteiger partial charge in [0.05, 0.1) is 12.1 Å². The van der Waals surface area contributed by atoms with Crippen LogP contribution in [-0.4, -0.2) is 36.1 Å². The summed E-state index contributed by atoms with van der Waals surface area (Å²) < 4.78 is 5.56. The highest BCUT2D eigenvalue weighted by molar-refractivity contribution is 7.07. The fourth-order valence-corrected chi connectivity index (χ4v) is 3.30. The molecule has 0 aromatic carbocycles. The average Bonchev–Trinajstić information content (AvgIpc) is 3.07. The van der Waals surface area contributed by atoms with E-state index >= 15 is 0 Å². The molecule has 2 atom stereocenters. The molecule has 1 aliphatic heterocycles. The standard InChI is InChI=1S/C16H26N2O2S/c1-4-14-16(19)18(8-5-6-9-20-12(2)3)15(17-14)13-7-10-21-11-13/h7,10-12,14-15,17H,4-6,8-9H2,1-3H3. The third-order valence-electron chi connectivity index (χ3n) is 3.76. The van der Waals surface area contributed by atoms with Gasteiger partial charge in [0.25, 0.3) is 0 Å². The van der Waals surface area contributed by atoms with Gasteiger partial charge >= 0.3 is 0 Å². The molecule has 0 spiro atoms. The molecule has 4 nitrogen and oxygen atoms in total. The lowest BCUT2D eigenvalue weighted by atomic mass is 10.2. The second-order valence-electron chi connectivity index (χ2n) is 5.75. The van der Waals surface area contributed by atoms with Gasteiger partial charge in [0.2, 0.25) is 5.91 Å². The summed E-state index contributed by atoms with van der Waals surface area (Å²) in [6.07, 6.45) is 3.14. The van der Waals surface area contributed by atoms with E-state index < -0.39 is 0 Å². The summed E-state index contributed by atoms with van der Waals surface area (Å²) in [5.41, 5.74) is 1.20. The molecule has 1 saturated heterocycles. The number of nitrogens with zero attached hydrogens (tertiary/aromatic N) is 1. The van der Waals surface area contributed by atoms with Crippen LogP contribution in [0.4, 0.5) is 0 Å². The summed E-state index contributed by atoms with van der Waals surface area (Å²) in [5.74, 6) is 0.235. The number of thiophene rings is 1. The van der Waals surface area contributed by atoms with Crippen molar-refractivity contribution >= 4 is 17.2 Å². The fourth-order valence-electron chi connectivity index (χ4n) is 2.62. The lowest BCUT2D eigenvalue weighted by molar-refractivity contribution is -0.130. The topological polar surface area (TPSA) is 41.6 Å². The van der Waals surface area contributed by atoms with Crippen molar-refractivity contribution in [3.8, 4) is 0 Å². The zero-order valence-electron chi connectivity index (χ0n) is 13.2. The normalized spacial score (nSPS) is 22.5. The monoisotopic (exact) mass is 310 g/mol. The highest BCUT2D eigenvalue weighted by atomic mass is 32.1. The van der Waals surface area contributed by atoms with Crippen LogP contribution in [0.15, 0.2) is 16.8 Å². The molecule has 2 unspecified atom stereocenters. The van der Waals surface area contributed by atoms with Crippen LogP contribution in [-0.2, 0) is 9.53 Å². The van der Waals surface area contributed by atoms with Crippen molar-refractivity contribution in [2.45, 2.75) is 58.3 Å². The Kier molecular flexibility index (Phi) is 6.21. The van der Waals surface area contributed by atoms with Crippen molar-refractivity contribution in [1.82, 2.24) is 10.2 Å². The number of amides is 1. The average molecular weight is 310 g/mol. The first-order valence-electron chi connectivity index (χ1n) is 7.83. The molecule has 0 saturated carbocycles. The maximum atomic E-state index is 12.4. The minimum absolute atomic E-state index is 0.0400. The quantitative estimate of drug-likeness (QED) is 0.750. The Morgan fingerprint density at radius 1 is 1.43 bits per heavy atom. The largest absolute Gasteiger partial charge is 0.379 e. The van der Waals surface area contributed by atoms with Crippen LogP contribution < -0.4 is 5.32 Å². The van der Waals surface area contributed by atoms with Crippen molar-refractivity contribution in [1.29, 1.82) is 0 Å². The predicted molar refractivity (Wildman–Crippen MR) is 86.3 cm³/mol. The van der Waals surface area contributed by atoms with Crippen LogP contribution in [0.25, 0.3) is 0 Å². The number of nitrogens with one attached hydrogen (secondary N) is 1. The predicted octanol–water partition coefficient (Wildman–Crippen LogP) is 3.16. The van der Waals surface area contributed by atoms with Crippen molar-refractivity contribution < 1.29 is 9.53 Å². The van der Waals surface area contributed by atoms with Gasteiger partial charge < -0.3 is 9.64 Å². The highest BCUT2D eigenvalue weighted by Crippen LogP contribution is 2.28. The Morgan fingerprint density at radius 3 is 2.86 bits per heavy atom.